The first-order valence-corrected chi connectivity index (χ1v) is 5.04. The smallest absolute Gasteiger partial charge is 0.365 e. The van der Waals surface area contributed by atoms with Crippen LogP contribution in [0.2, 0.25) is 0 Å². The third kappa shape index (κ3) is 2.17. The van der Waals surface area contributed by atoms with Crippen molar-refractivity contribution >= 4 is 23.9 Å². The molecular weight excluding hydrogens is 284 g/mol. The normalized spacial score (nSPS) is 37.1. The number of aliphatic hydroxyl groups is 2. The van der Waals surface area contributed by atoms with Gasteiger partial charge in [0.15, 0.2) is 0 Å². The summed E-state index contributed by atoms with van der Waals surface area (Å²) < 4.78 is 4.08. The van der Waals surface area contributed by atoms with Crippen molar-refractivity contribution in [1.29, 1.82) is 0 Å². The van der Waals surface area contributed by atoms with Gasteiger partial charge in [0.1, 0.15) is 11.8 Å². The molecule has 11 heteroatoms. The monoisotopic (exact) mass is 294 g/mol. The molecule has 0 aliphatic carbocycles. The number of rotatable bonds is 4. The number of carbonyl (C=O) groups is 4. The van der Waals surface area contributed by atoms with Gasteiger partial charge in [0, 0.05) is 0 Å². The maximum absolute atomic E-state index is 10.9. The van der Waals surface area contributed by atoms with Gasteiger partial charge in [0.05, 0.1) is 0 Å². The zero-order chi connectivity index (χ0) is 15.9. The van der Waals surface area contributed by atoms with E-state index in [0.717, 1.165) is 0 Å². The molecule has 0 aromatic heterocycles. The Morgan fingerprint density at radius 3 is 1.30 bits per heavy atom. The Labute approximate surface area is 109 Å². The summed E-state index contributed by atoms with van der Waals surface area (Å²) >= 11 is 0. The molecule has 6 N–H and O–H groups in total. The first-order chi connectivity index (χ1) is 8.96. The molecule has 0 saturated carbocycles. The third-order valence-corrected chi connectivity index (χ3v) is 2.94. The van der Waals surface area contributed by atoms with Crippen LogP contribution in [0, 0.1) is 11.8 Å². The van der Waals surface area contributed by atoms with E-state index in [4.69, 9.17) is 20.4 Å². The fourth-order valence-electron chi connectivity index (χ4n) is 1.86. The van der Waals surface area contributed by atoms with Crippen molar-refractivity contribution in [1.82, 2.24) is 0 Å². The van der Waals surface area contributed by atoms with E-state index in [1.807, 2.05) is 0 Å². The average Bonchev–Trinajstić information content (AvgIpc) is 2.27. The van der Waals surface area contributed by atoms with Crippen LogP contribution >= 0.6 is 0 Å². The number of ether oxygens (including phenoxy) is 1. The largest absolute Gasteiger partial charge is 0.481 e. The highest BCUT2D eigenvalue weighted by Crippen LogP contribution is 2.41. The van der Waals surface area contributed by atoms with Crippen LogP contribution in [0.5, 0.6) is 0 Å². The summed E-state index contributed by atoms with van der Waals surface area (Å²) in [6.45, 7) is 0. The van der Waals surface area contributed by atoms with E-state index in [0.29, 0.717) is 0 Å². The molecule has 1 aliphatic rings. The van der Waals surface area contributed by atoms with E-state index in [-0.39, 0.29) is 0 Å². The van der Waals surface area contributed by atoms with Gasteiger partial charge in [-0.25, -0.2) is 9.59 Å². The summed E-state index contributed by atoms with van der Waals surface area (Å²) in [5.41, 5.74) is 0. The van der Waals surface area contributed by atoms with Crippen molar-refractivity contribution in [3.05, 3.63) is 0 Å². The lowest BCUT2D eigenvalue weighted by Gasteiger charge is -2.43. The number of carboxylic acid groups (broad SMARTS) is 4. The molecule has 1 fully saturated rings. The van der Waals surface area contributed by atoms with E-state index >= 15 is 0 Å². The Hall–Kier alpha value is -2.24. The van der Waals surface area contributed by atoms with Crippen molar-refractivity contribution in [2.24, 2.45) is 11.8 Å². The molecule has 112 valence electrons. The second-order valence-electron chi connectivity index (χ2n) is 4.12. The van der Waals surface area contributed by atoms with Crippen LogP contribution in [0.15, 0.2) is 0 Å². The summed E-state index contributed by atoms with van der Waals surface area (Å²) in [6, 6.07) is 0. The minimum Gasteiger partial charge on any atom is -0.481 e. The van der Waals surface area contributed by atoms with Crippen LogP contribution in [0.1, 0.15) is 6.42 Å². The maximum Gasteiger partial charge on any atom is 0.365 e. The van der Waals surface area contributed by atoms with Gasteiger partial charge in [-0.15, -0.1) is 0 Å². The molecule has 0 spiro atoms. The minimum absolute atomic E-state index is 1.16. The minimum atomic E-state index is -3.58. The molecule has 4 atom stereocenters. The van der Waals surface area contributed by atoms with Crippen LogP contribution in [-0.4, -0.2) is 66.1 Å². The van der Waals surface area contributed by atoms with Gasteiger partial charge in [-0.3, -0.25) is 14.3 Å². The number of hydrogen-bond donors (Lipinski definition) is 6. The van der Waals surface area contributed by atoms with Crippen LogP contribution in [-0.2, 0) is 23.9 Å². The summed E-state index contributed by atoms with van der Waals surface area (Å²) in [6.07, 6.45) is -1.16. The fraction of sp³-hybridized carbons (Fsp3) is 0.556. The van der Waals surface area contributed by atoms with Crippen LogP contribution in [0.4, 0.5) is 0 Å². The predicted octanol–water partition coefficient (Wildman–Crippen LogP) is -2.65. The second-order valence-corrected chi connectivity index (χ2v) is 4.12. The van der Waals surface area contributed by atoms with Gasteiger partial charge in [-0.2, -0.15) is 0 Å². The Morgan fingerprint density at radius 2 is 1.10 bits per heavy atom. The van der Waals surface area contributed by atoms with Crippen LogP contribution in [0.25, 0.3) is 0 Å². The SMILES string of the molecule is O=C(O)C1CC(C(=O)O)C(O)(C(=O)O)OC1(O)C(=O)O. The Kier molecular flexibility index (Phi) is 3.72. The van der Waals surface area contributed by atoms with E-state index in [1.54, 1.807) is 0 Å². The predicted molar refractivity (Wildman–Crippen MR) is 53.1 cm³/mol. The molecule has 1 aliphatic heterocycles. The summed E-state index contributed by atoms with van der Waals surface area (Å²) in [4.78, 5) is 43.6. The van der Waals surface area contributed by atoms with Gasteiger partial charge in [-0.05, 0) is 6.42 Å². The first kappa shape index (κ1) is 15.8. The molecule has 1 heterocycles. The van der Waals surface area contributed by atoms with E-state index in [1.165, 1.54) is 0 Å². The first-order valence-electron chi connectivity index (χ1n) is 5.04. The molecule has 0 aromatic rings. The zero-order valence-electron chi connectivity index (χ0n) is 9.59. The summed E-state index contributed by atoms with van der Waals surface area (Å²) in [7, 11) is 0. The van der Waals surface area contributed by atoms with E-state index in [9.17, 15) is 29.4 Å². The fourth-order valence-corrected chi connectivity index (χ4v) is 1.86. The molecule has 1 rings (SSSR count). The second kappa shape index (κ2) is 4.70. The molecule has 20 heavy (non-hydrogen) atoms. The quantitative estimate of drug-likeness (QED) is 0.316. The molecule has 0 aromatic carbocycles. The molecule has 1 saturated heterocycles. The van der Waals surface area contributed by atoms with Crippen molar-refractivity contribution in [2.45, 2.75) is 18.0 Å². The summed E-state index contributed by atoms with van der Waals surface area (Å²) in [5.74, 6) is -20.1. The molecule has 4 unspecified atom stereocenters. The van der Waals surface area contributed by atoms with Crippen LogP contribution in [0.3, 0.4) is 0 Å². The van der Waals surface area contributed by atoms with E-state index < -0.39 is 53.7 Å². The zero-order valence-corrected chi connectivity index (χ0v) is 9.59. The molecule has 0 bridgehead atoms. The Bertz CT molecular complexity index is 442. The van der Waals surface area contributed by atoms with Crippen molar-refractivity contribution in [3.63, 3.8) is 0 Å². The highest BCUT2D eigenvalue weighted by molar-refractivity contribution is 5.89. The highest BCUT2D eigenvalue weighted by atomic mass is 16.7. The van der Waals surface area contributed by atoms with Gasteiger partial charge in [-0.1, -0.05) is 0 Å². The third-order valence-electron chi connectivity index (χ3n) is 2.94. The average molecular weight is 294 g/mol. The number of aliphatic carboxylic acids is 4. The lowest BCUT2D eigenvalue weighted by atomic mass is 9.79. The van der Waals surface area contributed by atoms with Gasteiger partial charge < -0.3 is 30.6 Å². The Morgan fingerprint density at radius 1 is 0.800 bits per heavy atom. The lowest BCUT2D eigenvalue weighted by Crippen LogP contribution is -2.67. The number of carboxylic acids is 4. The summed E-state index contributed by atoms with van der Waals surface area (Å²) in [5, 5.41) is 54.4. The lowest BCUT2D eigenvalue weighted by molar-refractivity contribution is -0.364. The van der Waals surface area contributed by atoms with Crippen molar-refractivity contribution in [2.75, 3.05) is 0 Å². The topological polar surface area (TPSA) is 199 Å². The maximum atomic E-state index is 10.9. The number of hydrogen-bond acceptors (Lipinski definition) is 7. The van der Waals surface area contributed by atoms with E-state index in [2.05, 4.69) is 4.74 Å². The highest BCUT2D eigenvalue weighted by Gasteiger charge is 2.66. The van der Waals surface area contributed by atoms with Gasteiger partial charge in [0.2, 0.25) is 0 Å². The molecular formula is C9H10O11. The van der Waals surface area contributed by atoms with Gasteiger partial charge in [0.25, 0.3) is 11.6 Å². The van der Waals surface area contributed by atoms with Crippen molar-refractivity contribution < 1.29 is 54.6 Å². The van der Waals surface area contributed by atoms with Crippen LogP contribution < -0.4 is 0 Å². The molecule has 11 nitrogen and oxygen atoms in total. The molecule has 0 radical (unpaired) electrons. The van der Waals surface area contributed by atoms with Crippen molar-refractivity contribution in [3.8, 4) is 0 Å². The molecule has 0 amide bonds. The standard InChI is InChI=1S/C9H10O11/c10-4(11)2-1-3(5(12)13)9(19,7(16)17)20-8(2,18)6(14)15/h2-3,18-19H,1H2,(H,10,11)(H,12,13)(H,14,15)(H,16,17). The Balaban J connectivity index is 3.39. The van der Waals surface area contributed by atoms with Gasteiger partial charge >= 0.3 is 23.9 Å².